The maximum atomic E-state index is 9.41. The molecule has 0 amide bonds. The molecule has 0 heterocycles. The summed E-state index contributed by atoms with van der Waals surface area (Å²) in [7, 11) is 0. The van der Waals surface area contributed by atoms with Crippen LogP contribution < -0.4 is 0 Å². The molecule has 0 unspecified atom stereocenters. The number of nitrogens with zero attached hydrogens (tertiary/aromatic N) is 2. The summed E-state index contributed by atoms with van der Waals surface area (Å²) in [5.41, 5.74) is 1.51. The lowest BCUT2D eigenvalue weighted by Gasteiger charge is -2.01. The van der Waals surface area contributed by atoms with Gasteiger partial charge in [0, 0.05) is 5.56 Å². The molecule has 0 spiro atoms. The van der Waals surface area contributed by atoms with Crippen molar-refractivity contribution in [2.24, 2.45) is 10.2 Å². The number of hydrogen-bond donors (Lipinski definition) is 2. The highest BCUT2D eigenvalue weighted by atomic mass is 35.5. The Bertz CT molecular complexity index is 585. The third-order valence-electron chi connectivity index (χ3n) is 2.36. The van der Waals surface area contributed by atoms with Gasteiger partial charge in [-0.05, 0) is 30.3 Å². The van der Waals surface area contributed by atoms with Gasteiger partial charge in [0.15, 0.2) is 0 Å². The highest BCUT2D eigenvalue weighted by Crippen LogP contribution is 2.28. The van der Waals surface area contributed by atoms with Gasteiger partial charge in [-0.2, -0.15) is 5.11 Å². The topological polar surface area (TPSA) is 65.2 Å². The van der Waals surface area contributed by atoms with E-state index in [1.807, 2.05) is 12.1 Å². The van der Waals surface area contributed by atoms with E-state index in [1.165, 1.54) is 6.07 Å². The molecule has 2 aromatic carbocycles. The van der Waals surface area contributed by atoms with E-state index in [0.717, 1.165) is 0 Å². The van der Waals surface area contributed by atoms with E-state index < -0.39 is 0 Å². The lowest BCUT2D eigenvalue weighted by Crippen LogP contribution is -1.82. The standard InChI is InChI=1S/C13H11ClN2O2/c14-11-3-1-2-4-12(11)16-15-10-5-6-13(18)9(7-10)8-17/h1-7,17-18H,8H2. The van der Waals surface area contributed by atoms with Gasteiger partial charge in [0.1, 0.15) is 11.4 Å². The molecule has 0 saturated heterocycles. The molecule has 4 nitrogen and oxygen atoms in total. The maximum Gasteiger partial charge on any atom is 0.121 e. The van der Waals surface area contributed by atoms with Crippen molar-refractivity contribution in [3.63, 3.8) is 0 Å². The van der Waals surface area contributed by atoms with Crippen LogP contribution in [0.5, 0.6) is 5.75 Å². The molecule has 2 N–H and O–H groups in total. The molecule has 92 valence electrons. The quantitative estimate of drug-likeness (QED) is 0.823. The smallest absolute Gasteiger partial charge is 0.121 e. The van der Waals surface area contributed by atoms with Crippen molar-refractivity contribution >= 4 is 23.0 Å². The van der Waals surface area contributed by atoms with Gasteiger partial charge in [-0.15, -0.1) is 5.11 Å². The van der Waals surface area contributed by atoms with Crippen LogP contribution in [-0.2, 0) is 6.61 Å². The summed E-state index contributed by atoms with van der Waals surface area (Å²) in [4.78, 5) is 0. The first-order valence-corrected chi connectivity index (χ1v) is 5.67. The summed E-state index contributed by atoms with van der Waals surface area (Å²) in [5, 5.41) is 27.0. The molecule has 0 fully saturated rings. The second-order valence-corrected chi connectivity index (χ2v) is 4.03. The zero-order valence-corrected chi connectivity index (χ0v) is 10.2. The van der Waals surface area contributed by atoms with Gasteiger partial charge < -0.3 is 10.2 Å². The molecule has 0 saturated carbocycles. The van der Waals surface area contributed by atoms with Gasteiger partial charge in [-0.25, -0.2) is 0 Å². The van der Waals surface area contributed by atoms with Gasteiger partial charge in [0.2, 0.25) is 0 Å². The number of hydrogen-bond acceptors (Lipinski definition) is 4. The van der Waals surface area contributed by atoms with Gasteiger partial charge in [0.05, 0.1) is 17.3 Å². The Hall–Kier alpha value is -1.91. The van der Waals surface area contributed by atoms with Gasteiger partial charge >= 0.3 is 0 Å². The van der Waals surface area contributed by atoms with Crippen LogP contribution in [0.3, 0.4) is 0 Å². The minimum absolute atomic E-state index is 0.0363. The van der Waals surface area contributed by atoms with E-state index in [9.17, 15) is 5.11 Å². The highest BCUT2D eigenvalue weighted by Gasteiger charge is 2.01. The van der Waals surface area contributed by atoms with Crippen molar-refractivity contribution in [3.8, 4) is 5.75 Å². The molecule has 0 radical (unpaired) electrons. The van der Waals surface area contributed by atoms with E-state index >= 15 is 0 Å². The van der Waals surface area contributed by atoms with Crippen LogP contribution in [0.1, 0.15) is 5.56 Å². The fourth-order valence-corrected chi connectivity index (χ4v) is 1.58. The molecule has 5 heteroatoms. The minimum atomic E-state index is -0.249. The molecule has 0 aliphatic carbocycles. The second kappa shape index (κ2) is 5.62. The molecule has 0 bridgehead atoms. The lowest BCUT2D eigenvalue weighted by molar-refractivity contribution is 0.275. The predicted molar refractivity (Wildman–Crippen MR) is 69.7 cm³/mol. The molecular formula is C13H11ClN2O2. The van der Waals surface area contributed by atoms with Crippen LogP contribution in [0.2, 0.25) is 5.02 Å². The number of benzene rings is 2. The average Bonchev–Trinajstić information content (AvgIpc) is 2.39. The van der Waals surface area contributed by atoms with Crippen LogP contribution in [-0.4, -0.2) is 10.2 Å². The summed E-state index contributed by atoms with van der Waals surface area (Å²) in [6, 6.07) is 11.7. The molecule has 0 aliphatic heterocycles. The highest BCUT2D eigenvalue weighted by molar-refractivity contribution is 6.32. The van der Waals surface area contributed by atoms with E-state index in [0.29, 0.717) is 22.0 Å². The van der Waals surface area contributed by atoms with Gasteiger partial charge in [-0.3, -0.25) is 0 Å². The predicted octanol–water partition coefficient (Wildman–Crippen LogP) is 3.95. The normalized spacial score (nSPS) is 11.0. The fourth-order valence-electron chi connectivity index (χ4n) is 1.41. The fraction of sp³-hybridized carbons (Fsp3) is 0.0769. The molecular weight excluding hydrogens is 252 g/mol. The summed E-state index contributed by atoms with van der Waals surface area (Å²) in [5.74, 6) is 0.0363. The Labute approximate surface area is 109 Å². The number of azo groups is 1. The Morgan fingerprint density at radius 1 is 1.06 bits per heavy atom. The van der Waals surface area contributed by atoms with E-state index in [1.54, 1.807) is 24.3 Å². The van der Waals surface area contributed by atoms with Crippen LogP contribution in [0.25, 0.3) is 0 Å². The molecule has 0 aliphatic rings. The molecule has 18 heavy (non-hydrogen) atoms. The Kier molecular flexibility index (Phi) is 3.92. The maximum absolute atomic E-state index is 9.41. The summed E-state index contributed by atoms with van der Waals surface area (Å²) in [6.07, 6.45) is 0. The Morgan fingerprint density at radius 2 is 1.83 bits per heavy atom. The monoisotopic (exact) mass is 262 g/mol. The first kappa shape index (κ1) is 12.5. The number of aliphatic hydroxyl groups excluding tert-OH is 1. The van der Waals surface area contributed by atoms with E-state index in [4.69, 9.17) is 16.7 Å². The largest absolute Gasteiger partial charge is 0.508 e. The minimum Gasteiger partial charge on any atom is -0.508 e. The van der Waals surface area contributed by atoms with Crippen LogP contribution in [0.15, 0.2) is 52.7 Å². The van der Waals surface area contributed by atoms with Crippen molar-refractivity contribution in [2.75, 3.05) is 0 Å². The molecule has 0 aromatic heterocycles. The molecule has 2 rings (SSSR count). The first-order chi connectivity index (χ1) is 8.70. The first-order valence-electron chi connectivity index (χ1n) is 5.29. The number of phenols is 1. The Morgan fingerprint density at radius 3 is 2.56 bits per heavy atom. The summed E-state index contributed by atoms with van der Waals surface area (Å²) in [6.45, 7) is -0.249. The third kappa shape index (κ3) is 2.85. The van der Waals surface area contributed by atoms with Crippen molar-refractivity contribution in [3.05, 3.63) is 53.1 Å². The average molecular weight is 263 g/mol. The third-order valence-corrected chi connectivity index (χ3v) is 2.68. The zero-order valence-electron chi connectivity index (χ0n) is 9.42. The number of aromatic hydroxyl groups is 1. The zero-order chi connectivity index (χ0) is 13.0. The summed E-state index contributed by atoms with van der Waals surface area (Å²) < 4.78 is 0. The number of rotatable bonds is 3. The molecule has 0 atom stereocenters. The van der Waals surface area contributed by atoms with E-state index in [2.05, 4.69) is 10.2 Å². The van der Waals surface area contributed by atoms with Gasteiger partial charge in [-0.1, -0.05) is 23.7 Å². The van der Waals surface area contributed by atoms with Crippen molar-refractivity contribution in [2.45, 2.75) is 6.61 Å². The number of aliphatic hydroxyl groups is 1. The van der Waals surface area contributed by atoms with Crippen LogP contribution in [0.4, 0.5) is 11.4 Å². The Balaban J connectivity index is 2.27. The lowest BCUT2D eigenvalue weighted by atomic mass is 10.2. The molecule has 2 aromatic rings. The van der Waals surface area contributed by atoms with Crippen molar-refractivity contribution in [1.29, 1.82) is 0 Å². The summed E-state index contributed by atoms with van der Waals surface area (Å²) >= 11 is 5.94. The number of halogens is 1. The SMILES string of the molecule is OCc1cc(N=Nc2ccccc2Cl)ccc1O. The van der Waals surface area contributed by atoms with Gasteiger partial charge in [0.25, 0.3) is 0 Å². The van der Waals surface area contributed by atoms with Crippen LogP contribution >= 0.6 is 11.6 Å². The second-order valence-electron chi connectivity index (χ2n) is 3.62. The van der Waals surface area contributed by atoms with Crippen LogP contribution in [0, 0.1) is 0 Å². The van der Waals surface area contributed by atoms with E-state index in [-0.39, 0.29) is 12.4 Å². The van der Waals surface area contributed by atoms with Crippen molar-refractivity contribution < 1.29 is 10.2 Å². The van der Waals surface area contributed by atoms with Crippen molar-refractivity contribution in [1.82, 2.24) is 0 Å².